The summed E-state index contributed by atoms with van der Waals surface area (Å²) in [7, 11) is 0. The zero-order valence-electron chi connectivity index (χ0n) is 10.5. The number of carbonyl (C=O) groups excluding carboxylic acids is 1. The smallest absolute Gasteiger partial charge is 0.314 e. The summed E-state index contributed by atoms with van der Waals surface area (Å²) in [6, 6.07) is 7.25. The number of aryl methyl sites for hydroxylation is 1. The van der Waals surface area contributed by atoms with Crippen molar-refractivity contribution in [2.75, 3.05) is 13.1 Å². The second-order valence-corrected chi connectivity index (χ2v) is 4.50. The topological polar surface area (TPSA) is 78.4 Å². The Morgan fingerprint density at radius 2 is 1.95 bits per heavy atom. The number of carboxylic acids is 1. The highest BCUT2D eigenvalue weighted by Gasteiger charge is 2.01. The van der Waals surface area contributed by atoms with E-state index in [9.17, 15) is 9.59 Å². The third-order valence-corrected chi connectivity index (χ3v) is 2.68. The third kappa shape index (κ3) is 7.31. The van der Waals surface area contributed by atoms with E-state index in [-0.39, 0.29) is 19.0 Å². The van der Waals surface area contributed by atoms with Gasteiger partial charge >= 0.3 is 12.0 Å². The third-order valence-electron chi connectivity index (χ3n) is 2.44. The van der Waals surface area contributed by atoms with Crippen LogP contribution in [0.2, 0.25) is 5.02 Å². The summed E-state index contributed by atoms with van der Waals surface area (Å²) >= 11 is 5.86. The molecule has 0 spiro atoms. The lowest BCUT2D eigenvalue weighted by Crippen LogP contribution is -2.37. The highest BCUT2D eigenvalue weighted by atomic mass is 35.5. The molecule has 3 N–H and O–H groups in total. The van der Waals surface area contributed by atoms with Crippen molar-refractivity contribution in [3.05, 3.63) is 34.9 Å². The average molecular weight is 285 g/mol. The molecule has 0 aliphatic heterocycles. The molecule has 0 heterocycles. The molecule has 0 radical (unpaired) electrons. The van der Waals surface area contributed by atoms with E-state index in [4.69, 9.17) is 16.7 Å². The van der Waals surface area contributed by atoms with Crippen LogP contribution in [0.5, 0.6) is 0 Å². The molecule has 1 aromatic rings. The Hall–Kier alpha value is -1.75. The maximum atomic E-state index is 11.3. The summed E-state index contributed by atoms with van der Waals surface area (Å²) in [4.78, 5) is 21.5. The van der Waals surface area contributed by atoms with Crippen LogP contribution in [0.3, 0.4) is 0 Å². The largest absolute Gasteiger partial charge is 0.481 e. The number of carbonyl (C=O) groups is 2. The van der Waals surface area contributed by atoms with Crippen molar-refractivity contribution in [1.29, 1.82) is 0 Å². The van der Waals surface area contributed by atoms with E-state index in [0.29, 0.717) is 11.6 Å². The van der Waals surface area contributed by atoms with Gasteiger partial charge in [0, 0.05) is 18.1 Å². The predicted octanol–water partition coefficient (Wildman–Crippen LogP) is 2.05. The quantitative estimate of drug-likeness (QED) is 0.671. The lowest BCUT2D eigenvalue weighted by atomic mass is 10.1. The van der Waals surface area contributed by atoms with Gasteiger partial charge in [-0.15, -0.1) is 0 Å². The van der Waals surface area contributed by atoms with E-state index in [2.05, 4.69) is 10.6 Å². The van der Waals surface area contributed by atoms with Crippen LogP contribution in [0.4, 0.5) is 4.79 Å². The predicted molar refractivity (Wildman–Crippen MR) is 73.4 cm³/mol. The van der Waals surface area contributed by atoms with E-state index in [1.54, 1.807) is 0 Å². The van der Waals surface area contributed by atoms with Crippen molar-refractivity contribution in [2.24, 2.45) is 0 Å². The summed E-state index contributed by atoms with van der Waals surface area (Å²) in [6.07, 6.45) is 1.55. The van der Waals surface area contributed by atoms with Gasteiger partial charge in [-0.25, -0.2) is 4.79 Å². The van der Waals surface area contributed by atoms with Crippen molar-refractivity contribution in [3.63, 3.8) is 0 Å². The molecular weight excluding hydrogens is 268 g/mol. The van der Waals surface area contributed by atoms with E-state index >= 15 is 0 Å². The minimum absolute atomic E-state index is 0.0735. The second-order valence-electron chi connectivity index (χ2n) is 4.06. The first-order chi connectivity index (χ1) is 9.08. The minimum Gasteiger partial charge on any atom is -0.481 e. The number of rotatable bonds is 7. The molecule has 0 bridgehead atoms. The van der Waals surface area contributed by atoms with Crippen LogP contribution in [0.25, 0.3) is 0 Å². The van der Waals surface area contributed by atoms with Crippen molar-refractivity contribution < 1.29 is 14.7 Å². The van der Waals surface area contributed by atoms with Crippen LogP contribution < -0.4 is 10.6 Å². The monoisotopic (exact) mass is 284 g/mol. The molecule has 0 saturated heterocycles. The van der Waals surface area contributed by atoms with Crippen molar-refractivity contribution in [3.8, 4) is 0 Å². The van der Waals surface area contributed by atoms with Crippen LogP contribution in [0, 0.1) is 0 Å². The van der Waals surface area contributed by atoms with Crippen LogP contribution in [0.15, 0.2) is 24.3 Å². The van der Waals surface area contributed by atoms with E-state index in [0.717, 1.165) is 18.4 Å². The molecule has 1 aromatic carbocycles. The van der Waals surface area contributed by atoms with Crippen LogP contribution in [0.1, 0.15) is 18.4 Å². The van der Waals surface area contributed by atoms with Gasteiger partial charge in [-0.3, -0.25) is 4.79 Å². The molecule has 0 unspecified atom stereocenters. The number of hydrogen-bond donors (Lipinski definition) is 3. The Kier molecular flexibility index (Phi) is 6.74. The van der Waals surface area contributed by atoms with Gasteiger partial charge in [0.1, 0.15) is 0 Å². The van der Waals surface area contributed by atoms with Gasteiger partial charge in [0.2, 0.25) is 0 Å². The number of amides is 2. The Morgan fingerprint density at radius 1 is 1.21 bits per heavy atom. The molecule has 19 heavy (non-hydrogen) atoms. The Balaban J connectivity index is 2.10. The maximum Gasteiger partial charge on any atom is 0.314 e. The van der Waals surface area contributed by atoms with Crippen LogP contribution in [-0.2, 0) is 11.2 Å². The standard InChI is InChI=1S/C13H17ClN2O3/c14-11-5-1-3-10(9-11)4-2-7-15-13(19)16-8-6-12(17)18/h1,3,5,9H,2,4,6-8H2,(H,17,18)(H2,15,16,19). The summed E-state index contributed by atoms with van der Waals surface area (Å²) in [5.74, 6) is -0.929. The van der Waals surface area contributed by atoms with Crippen molar-refractivity contribution in [1.82, 2.24) is 10.6 Å². The first-order valence-electron chi connectivity index (χ1n) is 6.06. The number of aliphatic carboxylic acids is 1. The SMILES string of the molecule is O=C(O)CCNC(=O)NCCCc1cccc(Cl)c1. The molecule has 6 heteroatoms. The zero-order chi connectivity index (χ0) is 14.1. The summed E-state index contributed by atoms with van der Waals surface area (Å²) in [5, 5.41) is 14.2. The fourth-order valence-electron chi connectivity index (χ4n) is 1.53. The molecule has 0 atom stereocenters. The lowest BCUT2D eigenvalue weighted by molar-refractivity contribution is -0.136. The van der Waals surface area contributed by atoms with Gasteiger partial charge < -0.3 is 15.7 Å². The molecule has 0 fully saturated rings. The molecular formula is C13H17ClN2O3. The van der Waals surface area contributed by atoms with Gasteiger partial charge in [-0.2, -0.15) is 0 Å². The summed E-state index contributed by atoms with van der Waals surface area (Å²) < 4.78 is 0. The maximum absolute atomic E-state index is 11.3. The van der Waals surface area contributed by atoms with Gasteiger partial charge in [0.25, 0.3) is 0 Å². The van der Waals surface area contributed by atoms with Crippen LogP contribution in [-0.4, -0.2) is 30.2 Å². The number of benzene rings is 1. The van der Waals surface area contributed by atoms with Crippen molar-refractivity contribution >= 4 is 23.6 Å². The van der Waals surface area contributed by atoms with Gasteiger partial charge in [-0.1, -0.05) is 23.7 Å². The number of hydrogen-bond acceptors (Lipinski definition) is 2. The first kappa shape index (κ1) is 15.3. The highest BCUT2D eigenvalue weighted by Crippen LogP contribution is 2.11. The Morgan fingerprint density at radius 3 is 2.63 bits per heavy atom. The van der Waals surface area contributed by atoms with Gasteiger partial charge in [-0.05, 0) is 30.5 Å². The number of carboxylic acid groups (broad SMARTS) is 1. The second kappa shape index (κ2) is 8.37. The molecule has 2 amide bonds. The highest BCUT2D eigenvalue weighted by molar-refractivity contribution is 6.30. The number of halogens is 1. The van der Waals surface area contributed by atoms with E-state index < -0.39 is 5.97 Å². The fourth-order valence-corrected chi connectivity index (χ4v) is 1.75. The average Bonchev–Trinajstić information content (AvgIpc) is 2.34. The van der Waals surface area contributed by atoms with E-state index in [1.165, 1.54) is 0 Å². The molecule has 5 nitrogen and oxygen atoms in total. The normalized spacial score (nSPS) is 9.95. The molecule has 0 saturated carbocycles. The summed E-state index contributed by atoms with van der Waals surface area (Å²) in [5.41, 5.74) is 1.13. The lowest BCUT2D eigenvalue weighted by Gasteiger charge is -2.06. The van der Waals surface area contributed by atoms with Gasteiger partial charge in [0.05, 0.1) is 6.42 Å². The van der Waals surface area contributed by atoms with Gasteiger partial charge in [0.15, 0.2) is 0 Å². The molecule has 104 valence electrons. The number of urea groups is 1. The Labute approximate surface area is 117 Å². The van der Waals surface area contributed by atoms with E-state index in [1.807, 2.05) is 24.3 Å². The molecule has 0 aliphatic rings. The number of nitrogens with one attached hydrogen (secondary N) is 2. The summed E-state index contributed by atoms with van der Waals surface area (Å²) in [6.45, 7) is 0.668. The zero-order valence-corrected chi connectivity index (χ0v) is 11.2. The molecule has 0 aromatic heterocycles. The van der Waals surface area contributed by atoms with Crippen molar-refractivity contribution in [2.45, 2.75) is 19.3 Å². The molecule has 0 aliphatic carbocycles. The van der Waals surface area contributed by atoms with Crippen LogP contribution >= 0.6 is 11.6 Å². The Bertz CT molecular complexity index is 438. The minimum atomic E-state index is -0.929. The first-order valence-corrected chi connectivity index (χ1v) is 6.43. The molecule has 1 rings (SSSR count). The fraction of sp³-hybridized carbons (Fsp3) is 0.385.